The summed E-state index contributed by atoms with van der Waals surface area (Å²) in [5.41, 5.74) is 0.862. The lowest BCUT2D eigenvalue weighted by molar-refractivity contribution is 0.404. The molecule has 0 unspecified atom stereocenters. The van der Waals surface area contributed by atoms with Crippen LogP contribution in [0.25, 0.3) is 11.4 Å². The summed E-state index contributed by atoms with van der Waals surface area (Å²) < 4.78 is 1.24. The highest BCUT2D eigenvalue weighted by Crippen LogP contribution is 2.29. The minimum Gasteiger partial charge on any atom is -0.504 e. The standard InChI is InChI=1S/C17H17N5O3/c1-21-15(12-7-8-13(23)14(24)9-12)19-16(20-17(21)25)22(18)10-11-5-3-2-4-6-11/h2-9,23-24H,10,18H2,1H3. The lowest BCUT2D eigenvalue weighted by Gasteiger charge is -2.18. The average Bonchev–Trinajstić information content (AvgIpc) is 2.60. The van der Waals surface area contributed by atoms with E-state index in [2.05, 4.69) is 9.97 Å². The van der Waals surface area contributed by atoms with Crippen molar-refractivity contribution in [3.05, 3.63) is 64.6 Å². The minimum absolute atomic E-state index is 0.0644. The first-order valence-electron chi connectivity index (χ1n) is 7.49. The minimum atomic E-state index is -0.531. The van der Waals surface area contributed by atoms with Crippen LogP contribution in [0.2, 0.25) is 0 Å². The summed E-state index contributed by atoms with van der Waals surface area (Å²) >= 11 is 0. The average molecular weight is 339 g/mol. The van der Waals surface area contributed by atoms with Crippen molar-refractivity contribution in [1.82, 2.24) is 14.5 Å². The maximum absolute atomic E-state index is 12.2. The number of nitrogens with zero attached hydrogens (tertiary/aromatic N) is 4. The van der Waals surface area contributed by atoms with Crippen LogP contribution in [-0.4, -0.2) is 24.7 Å². The normalized spacial score (nSPS) is 10.6. The van der Waals surface area contributed by atoms with Gasteiger partial charge in [0, 0.05) is 12.6 Å². The molecule has 0 atom stereocenters. The molecule has 1 aromatic heterocycles. The van der Waals surface area contributed by atoms with E-state index >= 15 is 0 Å². The molecule has 25 heavy (non-hydrogen) atoms. The third kappa shape index (κ3) is 3.43. The van der Waals surface area contributed by atoms with Crippen molar-refractivity contribution in [2.24, 2.45) is 12.9 Å². The number of phenols is 2. The summed E-state index contributed by atoms with van der Waals surface area (Å²) in [7, 11) is 1.52. The third-order valence-corrected chi connectivity index (χ3v) is 3.69. The first-order chi connectivity index (χ1) is 12.0. The van der Waals surface area contributed by atoms with Gasteiger partial charge in [0.15, 0.2) is 11.5 Å². The molecule has 8 heteroatoms. The molecule has 0 amide bonds. The Bertz CT molecular complexity index is 956. The van der Waals surface area contributed by atoms with E-state index < -0.39 is 5.69 Å². The van der Waals surface area contributed by atoms with Crippen LogP contribution >= 0.6 is 0 Å². The van der Waals surface area contributed by atoms with E-state index in [4.69, 9.17) is 5.84 Å². The van der Waals surface area contributed by atoms with Gasteiger partial charge >= 0.3 is 5.69 Å². The van der Waals surface area contributed by atoms with Crippen molar-refractivity contribution >= 4 is 5.95 Å². The van der Waals surface area contributed by atoms with Gasteiger partial charge < -0.3 is 10.2 Å². The molecule has 0 spiro atoms. The second kappa shape index (κ2) is 6.62. The van der Waals surface area contributed by atoms with Crippen LogP contribution < -0.4 is 16.5 Å². The maximum Gasteiger partial charge on any atom is 0.352 e. The van der Waals surface area contributed by atoms with E-state index in [9.17, 15) is 15.0 Å². The Morgan fingerprint density at radius 2 is 1.80 bits per heavy atom. The van der Waals surface area contributed by atoms with Crippen molar-refractivity contribution in [2.75, 3.05) is 5.01 Å². The van der Waals surface area contributed by atoms with Crippen molar-refractivity contribution in [1.29, 1.82) is 0 Å². The van der Waals surface area contributed by atoms with E-state index in [0.717, 1.165) is 5.56 Å². The Labute approximate surface area is 143 Å². The number of nitrogens with two attached hydrogens (primary N) is 1. The zero-order chi connectivity index (χ0) is 18.0. The molecule has 0 radical (unpaired) electrons. The third-order valence-electron chi connectivity index (χ3n) is 3.69. The van der Waals surface area contributed by atoms with Crippen LogP contribution in [-0.2, 0) is 13.6 Å². The van der Waals surface area contributed by atoms with Gasteiger partial charge in [-0.1, -0.05) is 30.3 Å². The summed E-state index contributed by atoms with van der Waals surface area (Å²) in [6.07, 6.45) is 0. The molecule has 0 fully saturated rings. The SMILES string of the molecule is Cn1c(-c2ccc(O)c(O)c2)nc(N(N)Cc2ccccc2)nc1=O. The van der Waals surface area contributed by atoms with Gasteiger partial charge in [0.2, 0.25) is 5.95 Å². The molecule has 3 rings (SSSR count). The largest absolute Gasteiger partial charge is 0.504 e. The molecule has 128 valence electrons. The van der Waals surface area contributed by atoms with Gasteiger partial charge in [0.1, 0.15) is 5.82 Å². The molecule has 8 nitrogen and oxygen atoms in total. The van der Waals surface area contributed by atoms with E-state index in [1.165, 1.54) is 28.8 Å². The molecule has 4 N–H and O–H groups in total. The maximum atomic E-state index is 12.2. The van der Waals surface area contributed by atoms with Gasteiger partial charge in [-0.2, -0.15) is 9.97 Å². The number of anilines is 1. The van der Waals surface area contributed by atoms with Crippen molar-refractivity contribution < 1.29 is 10.2 Å². The highest BCUT2D eigenvalue weighted by atomic mass is 16.3. The summed E-state index contributed by atoms with van der Waals surface area (Å²) in [5, 5.41) is 20.4. The van der Waals surface area contributed by atoms with Gasteiger partial charge in [-0.25, -0.2) is 10.6 Å². The summed E-state index contributed by atoms with van der Waals surface area (Å²) in [4.78, 5) is 20.4. The van der Waals surface area contributed by atoms with E-state index in [-0.39, 0.29) is 23.3 Å². The van der Waals surface area contributed by atoms with Crippen LogP contribution in [0.15, 0.2) is 53.3 Å². The fourth-order valence-electron chi connectivity index (χ4n) is 2.35. The molecule has 0 aliphatic rings. The number of aromatic hydroxyl groups is 2. The van der Waals surface area contributed by atoms with Crippen LogP contribution in [0.1, 0.15) is 5.56 Å². The number of hydrogen-bond donors (Lipinski definition) is 3. The molecule has 1 heterocycles. The Hall–Kier alpha value is -3.39. The number of phenolic OH excluding ortho intramolecular Hbond substituents is 2. The van der Waals surface area contributed by atoms with Gasteiger partial charge in [-0.3, -0.25) is 9.58 Å². The molecule has 3 aromatic rings. The van der Waals surface area contributed by atoms with Crippen LogP contribution in [0.5, 0.6) is 11.5 Å². The quantitative estimate of drug-likeness (QED) is 0.370. The van der Waals surface area contributed by atoms with Crippen LogP contribution in [0.3, 0.4) is 0 Å². The number of hydrazine groups is 1. The van der Waals surface area contributed by atoms with Gasteiger partial charge in [-0.15, -0.1) is 0 Å². The topological polar surface area (TPSA) is 118 Å². The molecule has 0 saturated carbocycles. The monoisotopic (exact) mass is 339 g/mol. The summed E-state index contributed by atoms with van der Waals surface area (Å²) in [6.45, 7) is 0.328. The lowest BCUT2D eigenvalue weighted by Crippen LogP contribution is -2.35. The predicted octanol–water partition coefficient (Wildman–Crippen LogP) is 1.13. The second-order valence-corrected chi connectivity index (χ2v) is 5.51. The fraction of sp³-hybridized carbons (Fsp3) is 0.118. The molecule has 0 bridgehead atoms. The molecule has 0 aliphatic carbocycles. The summed E-state index contributed by atoms with van der Waals surface area (Å²) in [5.74, 6) is 5.79. The van der Waals surface area contributed by atoms with Crippen LogP contribution in [0.4, 0.5) is 5.95 Å². The molecular formula is C17H17N5O3. The smallest absolute Gasteiger partial charge is 0.352 e. The number of rotatable bonds is 4. The van der Waals surface area contributed by atoms with E-state index in [1.807, 2.05) is 30.3 Å². The lowest BCUT2D eigenvalue weighted by atomic mass is 10.2. The predicted molar refractivity (Wildman–Crippen MR) is 92.9 cm³/mol. The zero-order valence-electron chi connectivity index (χ0n) is 13.5. The van der Waals surface area contributed by atoms with E-state index in [1.54, 1.807) is 6.07 Å². The molecular weight excluding hydrogens is 322 g/mol. The number of benzene rings is 2. The van der Waals surface area contributed by atoms with Crippen molar-refractivity contribution in [3.63, 3.8) is 0 Å². The highest BCUT2D eigenvalue weighted by molar-refractivity contribution is 5.61. The molecule has 0 aliphatic heterocycles. The van der Waals surface area contributed by atoms with Gasteiger partial charge in [0.25, 0.3) is 0 Å². The zero-order valence-corrected chi connectivity index (χ0v) is 13.5. The fourth-order valence-corrected chi connectivity index (χ4v) is 2.35. The van der Waals surface area contributed by atoms with Crippen molar-refractivity contribution in [3.8, 4) is 22.9 Å². The van der Waals surface area contributed by atoms with Crippen LogP contribution in [0, 0.1) is 0 Å². The second-order valence-electron chi connectivity index (χ2n) is 5.51. The highest BCUT2D eigenvalue weighted by Gasteiger charge is 2.14. The van der Waals surface area contributed by atoms with E-state index in [0.29, 0.717) is 12.1 Å². The number of aromatic nitrogens is 3. The van der Waals surface area contributed by atoms with Gasteiger partial charge in [-0.05, 0) is 23.8 Å². The molecule has 0 saturated heterocycles. The molecule has 2 aromatic carbocycles. The Balaban J connectivity index is 2.00. The first-order valence-corrected chi connectivity index (χ1v) is 7.49. The first kappa shape index (κ1) is 16.5. The number of hydrogen-bond acceptors (Lipinski definition) is 7. The summed E-state index contributed by atoms with van der Waals surface area (Å²) in [6, 6.07) is 13.7. The van der Waals surface area contributed by atoms with Gasteiger partial charge in [0.05, 0.1) is 6.54 Å². The Morgan fingerprint density at radius 1 is 1.08 bits per heavy atom. The van der Waals surface area contributed by atoms with Crippen molar-refractivity contribution in [2.45, 2.75) is 6.54 Å². The Morgan fingerprint density at radius 3 is 2.48 bits per heavy atom. The Kier molecular flexibility index (Phi) is 4.36.